The number of thiophene rings is 1. The molecule has 9 nitrogen and oxygen atoms in total. The molecule has 0 unspecified atom stereocenters. The molecule has 2 aliphatic rings. The van der Waals surface area contributed by atoms with Gasteiger partial charge in [-0.3, -0.25) is 24.1 Å². The number of nitrogens with zero attached hydrogens (tertiary/aromatic N) is 2. The first kappa shape index (κ1) is 22.7. The minimum absolute atomic E-state index is 0.0554. The van der Waals surface area contributed by atoms with Gasteiger partial charge in [0.2, 0.25) is 17.7 Å². The molecule has 0 spiro atoms. The van der Waals surface area contributed by atoms with Crippen molar-refractivity contribution in [3.63, 3.8) is 0 Å². The predicted molar refractivity (Wildman–Crippen MR) is 121 cm³/mol. The average molecular weight is 470 g/mol. The molecule has 1 aromatic carbocycles. The molecule has 2 aliphatic heterocycles. The molecule has 33 heavy (non-hydrogen) atoms. The van der Waals surface area contributed by atoms with Crippen LogP contribution in [0.2, 0.25) is 0 Å². The Hall–Kier alpha value is -3.53. The molecule has 0 saturated carbocycles. The zero-order valence-corrected chi connectivity index (χ0v) is 19.1. The summed E-state index contributed by atoms with van der Waals surface area (Å²) in [6.07, 6.45) is 0.788. The summed E-state index contributed by atoms with van der Waals surface area (Å²) in [6.45, 7) is 4.25. The van der Waals surface area contributed by atoms with E-state index in [0.717, 1.165) is 15.3 Å². The smallest absolute Gasteiger partial charge is 0.341 e. The number of hydrogen-bond acceptors (Lipinski definition) is 7. The molecule has 1 fully saturated rings. The molecule has 4 rings (SSSR count). The highest BCUT2D eigenvalue weighted by Crippen LogP contribution is 2.38. The number of rotatable bonds is 5. The Morgan fingerprint density at radius 2 is 1.85 bits per heavy atom. The Morgan fingerprint density at radius 3 is 2.52 bits per heavy atom. The van der Waals surface area contributed by atoms with Crippen LogP contribution in [0.3, 0.4) is 0 Å². The quantitative estimate of drug-likeness (QED) is 0.532. The summed E-state index contributed by atoms with van der Waals surface area (Å²) in [7, 11) is 0. The van der Waals surface area contributed by atoms with Crippen molar-refractivity contribution in [3.8, 4) is 0 Å². The zero-order valence-electron chi connectivity index (χ0n) is 18.3. The van der Waals surface area contributed by atoms with Crippen molar-refractivity contribution in [2.75, 3.05) is 23.4 Å². The Bertz CT molecular complexity index is 1150. The van der Waals surface area contributed by atoms with Crippen molar-refractivity contribution < 1.29 is 28.7 Å². The molecule has 1 saturated heterocycles. The Labute approximate surface area is 194 Å². The molecular weight excluding hydrogens is 446 g/mol. The highest BCUT2D eigenvalue weighted by Gasteiger charge is 2.32. The van der Waals surface area contributed by atoms with Crippen molar-refractivity contribution >= 4 is 51.6 Å². The third-order valence-electron chi connectivity index (χ3n) is 5.63. The summed E-state index contributed by atoms with van der Waals surface area (Å²) < 4.78 is 5.22. The fraction of sp³-hybridized carbons (Fsp3) is 0.348. The van der Waals surface area contributed by atoms with E-state index in [4.69, 9.17) is 4.74 Å². The molecule has 10 heteroatoms. The van der Waals surface area contributed by atoms with Crippen LogP contribution in [0.1, 0.15) is 57.8 Å². The number of hydrogen-bond donors (Lipinski definition) is 1. The first-order chi connectivity index (χ1) is 15.8. The van der Waals surface area contributed by atoms with Crippen molar-refractivity contribution in [1.29, 1.82) is 0 Å². The summed E-state index contributed by atoms with van der Waals surface area (Å²) in [5.74, 6) is -1.67. The summed E-state index contributed by atoms with van der Waals surface area (Å²) in [4.78, 5) is 65.3. The van der Waals surface area contributed by atoms with Crippen molar-refractivity contribution in [1.82, 2.24) is 4.90 Å². The highest BCUT2D eigenvalue weighted by molar-refractivity contribution is 7.17. The Balaban J connectivity index is 1.64. The van der Waals surface area contributed by atoms with Crippen LogP contribution in [-0.4, -0.2) is 47.6 Å². The molecule has 4 amide bonds. The first-order valence-corrected chi connectivity index (χ1v) is 11.5. The molecule has 172 valence electrons. The lowest BCUT2D eigenvalue weighted by Crippen LogP contribution is -2.34. The van der Waals surface area contributed by atoms with E-state index in [0.29, 0.717) is 35.8 Å². The van der Waals surface area contributed by atoms with E-state index in [1.165, 1.54) is 24.3 Å². The van der Waals surface area contributed by atoms with Crippen LogP contribution < -0.4 is 10.2 Å². The van der Waals surface area contributed by atoms with E-state index in [2.05, 4.69) is 5.32 Å². The fourth-order valence-corrected chi connectivity index (χ4v) is 5.25. The normalized spacial score (nSPS) is 15.5. The maximum absolute atomic E-state index is 13.1. The van der Waals surface area contributed by atoms with Gasteiger partial charge in [0.25, 0.3) is 5.91 Å². The summed E-state index contributed by atoms with van der Waals surface area (Å²) in [5, 5.41) is 3.15. The van der Waals surface area contributed by atoms with E-state index < -0.39 is 11.9 Å². The summed E-state index contributed by atoms with van der Waals surface area (Å²) in [5.41, 5.74) is 1.68. The molecular formula is C23H23N3O6S. The van der Waals surface area contributed by atoms with Gasteiger partial charge in [-0.15, -0.1) is 11.3 Å². The standard InChI is InChI=1S/C23H23N3O6S/c1-3-32-23(31)20-16-9-10-25(13(2)27)12-17(16)33-22(20)24-21(30)14-5-4-6-15(11-14)26-18(28)7-8-19(26)29/h4-6,11H,3,7-10,12H2,1-2H3,(H,24,30). The number of nitrogens with one attached hydrogen (secondary N) is 1. The second-order valence-corrected chi connectivity index (χ2v) is 8.85. The van der Waals surface area contributed by atoms with Crippen molar-refractivity contribution in [2.24, 2.45) is 0 Å². The first-order valence-electron chi connectivity index (χ1n) is 10.6. The monoisotopic (exact) mass is 469 g/mol. The van der Waals surface area contributed by atoms with Crippen LogP contribution in [-0.2, 0) is 32.1 Å². The second kappa shape index (κ2) is 9.14. The average Bonchev–Trinajstić information content (AvgIpc) is 3.32. The SMILES string of the molecule is CCOC(=O)c1c(NC(=O)c2cccc(N3C(=O)CCC3=O)c2)sc2c1CCN(C(C)=O)C2. The maximum atomic E-state index is 13.1. The van der Waals surface area contributed by atoms with Crippen LogP contribution in [0.5, 0.6) is 0 Å². The number of benzene rings is 1. The molecule has 0 atom stereocenters. The number of imide groups is 1. The van der Waals surface area contributed by atoms with Gasteiger partial charge >= 0.3 is 5.97 Å². The van der Waals surface area contributed by atoms with Gasteiger partial charge in [-0.1, -0.05) is 6.07 Å². The number of esters is 1. The number of fused-ring (bicyclic) bond motifs is 1. The molecule has 0 bridgehead atoms. The van der Waals surface area contributed by atoms with Gasteiger partial charge in [0.05, 0.1) is 24.4 Å². The van der Waals surface area contributed by atoms with E-state index in [1.54, 1.807) is 30.0 Å². The molecule has 0 radical (unpaired) electrons. The second-order valence-electron chi connectivity index (χ2n) is 7.75. The topological polar surface area (TPSA) is 113 Å². The van der Waals surface area contributed by atoms with Crippen molar-refractivity contribution in [3.05, 3.63) is 45.8 Å². The number of anilines is 2. The lowest BCUT2D eigenvalue weighted by atomic mass is 10.0. The van der Waals surface area contributed by atoms with Crippen LogP contribution in [0.4, 0.5) is 10.7 Å². The summed E-state index contributed by atoms with van der Waals surface area (Å²) in [6, 6.07) is 6.24. The molecule has 0 aliphatic carbocycles. The van der Waals surface area contributed by atoms with Crippen LogP contribution in [0.25, 0.3) is 0 Å². The molecule has 2 aromatic rings. The molecule has 1 aromatic heterocycles. The number of amides is 4. The minimum Gasteiger partial charge on any atom is -0.462 e. The van der Waals surface area contributed by atoms with Gasteiger partial charge in [-0.25, -0.2) is 4.79 Å². The molecule has 3 heterocycles. The lowest BCUT2D eigenvalue weighted by molar-refractivity contribution is -0.129. The predicted octanol–water partition coefficient (Wildman–Crippen LogP) is 2.74. The van der Waals surface area contributed by atoms with E-state index in [9.17, 15) is 24.0 Å². The lowest BCUT2D eigenvalue weighted by Gasteiger charge is -2.25. The van der Waals surface area contributed by atoms with Crippen LogP contribution in [0, 0.1) is 0 Å². The zero-order chi connectivity index (χ0) is 23.7. The van der Waals surface area contributed by atoms with E-state index in [-0.39, 0.29) is 42.7 Å². The van der Waals surface area contributed by atoms with Gasteiger partial charge in [-0.2, -0.15) is 0 Å². The Kier molecular flexibility index (Phi) is 6.28. The molecule has 1 N–H and O–H groups in total. The van der Waals surface area contributed by atoms with Gasteiger partial charge in [0.15, 0.2) is 0 Å². The third kappa shape index (κ3) is 4.38. The van der Waals surface area contributed by atoms with Crippen LogP contribution in [0.15, 0.2) is 24.3 Å². The fourth-order valence-electron chi connectivity index (χ4n) is 4.01. The largest absolute Gasteiger partial charge is 0.462 e. The van der Waals surface area contributed by atoms with E-state index in [1.807, 2.05) is 0 Å². The third-order valence-corrected chi connectivity index (χ3v) is 6.76. The number of ether oxygens (including phenoxy) is 1. The van der Waals surface area contributed by atoms with Gasteiger partial charge < -0.3 is 15.0 Å². The minimum atomic E-state index is -0.524. The van der Waals surface area contributed by atoms with Crippen LogP contribution >= 0.6 is 11.3 Å². The highest BCUT2D eigenvalue weighted by atomic mass is 32.1. The van der Waals surface area contributed by atoms with Gasteiger partial charge in [-0.05, 0) is 37.1 Å². The van der Waals surface area contributed by atoms with E-state index >= 15 is 0 Å². The maximum Gasteiger partial charge on any atom is 0.341 e. The number of carbonyl (C=O) groups is 5. The van der Waals surface area contributed by atoms with Gasteiger partial charge in [0, 0.05) is 36.8 Å². The Morgan fingerprint density at radius 1 is 1.12 bits per heavy atom. The summed E-state index contributed by atoms with van der Waals surface area (Å²) >= 11 is 1.25. The van der Waals surface area contributed by atoms with Gasteiger partial charge in [0.1, 0.15) is 5.00 Å². The van der Waals surface area contributed by atoms with Crippen molar-refractivity contribution in [2.45, 2.75) is 39.7 Å². The number of carbonyl (C=O) groups excluding carboxylic acids is 5.